The Hall–Kier alpha value is -2.22. The number of carbonyl (C=O) groups excluding carboxylic acids is 3. The Bertz CT molecular complexity index is 764. The van der Waals surface area contributed by atoms with Crippen LogP contribution in [0.2, 0.25) is 0 Å². The van der Waals surface area contributed by atoms with Crippen LogP contribution in [0, 0.1) is 0 Å². The first-order valence-electron chi connectivity index (χ1n) is 8.51. The molecule has 5 atom stereocenters. The standard InChI is InChI=1S/C18H23O9P/c1-11(19)25-15-16(26-12(2)20)18(27-13(3)21)28(22,23-4)17(15)24-10-14-8-6-5-7-9-14/h5-9,15-18H,10H2,1-4H3/t15-,16?,17-,18?,28?/m0/s1. The Labute approximate surface area is 162 Å². The summed E-state index contributed by atoms with van der Waals surface area (Å²) in [5.74, 6) is -4.96. The molecule has 10 heteroatoms. The number of hydrogen-bond acceptors (Lipinski definition) is 9. The number of esters is 3. The molecule has 28 heavy (non-hydrogen) atoms. The summed E-state index contributed by atoms with van der Waals surface area (Å²) < 4.78 is 40.2. The Morgan fingerprint density at radius 3 is 1.82 bits per heavy atom. The Balaban J connectivity index is 2.42. The van der Waals surface area contributed by atoms with E-state index in [1.165, 1.54) is 0 Å². The molecule has 1 aliphatic rings. The number of ether oxygens (including phenoxy) is 4. The van der Waals surface area contributed by atoms with Crippen molar-refractivity contribution in [1.29, 1.82) is 0 Å². The van der Waals surface area contributed by atoms with E-state index in [1.54, 1.807) is 24.3 Å². The van der Waals surface area contributed by atoms with Crippen LogP contribution in [0.3, 0.4) is 0 Å². The predicted molar refractivity (Wildman–Crippen MR) is 96.3 cm³/mol. The van der Waals surface area contributed by atoms with Crippen molar-refractivity contribution in [2.24, 2.45) is 0 Å². The summed E-state index contributed by atoms with van der Waals surface area (Å²) in [6, 6.07) is 9.02. The molecular formula is C18H23O9P. The summed E-state index contributed by atoms with van der Waals surface area (Å²) in [6.45, 7) is 3.42. The molecule has 9 nitrogen and oxygen atoms in total. The third-order valence-electron chi connectivity index (χ3n) is 4.04. The van der Waals surface area contributed by atoms with Crippen LogP contribution in [-0.2, 0) is 49.0 Å². The molecule has 0 radical (unpaired) electrons. The molecule has 0 bridgehead atoms. The van der Waals surface area contributed by atoms with Crippen molar-refractivity contribution in [1.82, 2.24) is 0 Å². The van der Waals surface area contributed by atoms with Crippen LogP contribution < -0.4 is 0 Å². The van der Waals surface area contributed by atoms with E-state index in [-0.39, 0.29) is 6.61 Å². The van der Waals surface area contributed by atoms with E-state index < -0.39 is 49.2 Å². The van der Waals surface area contributed by atoms with Gasteiger partial charge in [-0.2, -0.15) is 0 Å². The van der Waals surface area contributed by atoms with Crippen LogP contribution in [0.1, 0.15) is 26.3 Å². The average Bonchev–Trinajstić information content (AvgIpc) is 2.82. The van der Waals surface area contributed by atoms with Gasteiger partial charge in [0.15, 0.2) is 18.1 Å². The second kappa shape index (κ2) is 9.32. The van der Waals surface area contributed by atoms with Crippen molar-refractivity contribution in [3.63, 3.8) is 0 Å². The molecule has 0 saturated carbocycles. The van der Waals surface area contributed by atoms with Gasteiger partial charge in [0.25, 0.3) is 7.37 Å². The van der Waals surface area contributed by atoms with Crippen molar-refractivity contribution in [3.05, 3.63) is 35.9 Å². The van der Waals surface area contributed by atoms with Gasteiger partial charge in [-0.1, -0.05) is 30.3 Å². The molecule has 0 N–H and O–H groups in total. The summed E-state index contributed by atoms with van der Waals surface area (Å²) >= 11 is 0. The lowest BCUT2D eigenvalue weighted by Crippen LogP contribution is -2.41. The summed E-state index contributed by atoms with van der Waals surface area (Å²) in [4.78, 5) is 34.8. The zero-order valence-electron chi connectivity index (χ0n) is 16.0. The molecule has 2 rings (SSSR count). The molecule has 1 saturated heterocycles. The molecule has 1 heterocycles. The highest BCUT2D eigenvalue weighted by atomic mass is 31.2. The topological polar surface area (TPSA) is 114 Å². The minimum atomic E-state index is -3.91. The lowest BCUT2D eigenvalue weighted by Gasteiger charge is -2.24. The van der Waals surface area contributed by atoms with Crippen LogP contribution in [0.15, 0.2) is 30.3 Å². The van der Waals surface area contributed by atoms with Gasteiger partial charge in [-0.3, -0.25) is 18.9 Å². The Kier molecular flexibility index (Phi) is 7.35. The Morgan fingerprint density at radius 2 is 1.36 bits per heavy atom. The highest BCUT2D eigenvalue weighted by molar-refractivity contribution is 7.60. The maximum absolute atomic E-state index is 13.6. The van der Waals surface area contributed by atoms with Gasteiger partial charge in [-0.15, -0.1) is 0 Å². The quantitative estimate of drug-likeness (QED) is 0.376. The van der Waals surface area contributed by atoms with E-state index in [0.29, 0.717) is 0 Å². The summed E-state index contributed by atoms with van der Waals surface area (Å²) in [7, 11) is -2.74. The predicted octanol–water partition coefficient (Wildman–Crippen LogP) is 2.22. The fraction of sp³-hybridized carbons (Fsp3) is 0.500. The second-order valence-electron chi connectivity index (χ2n) is 6.16. The first-order valence-corrected chi connectivity index (χ1v) is 10.3. The van der Waals surface area contributed by atoms with Crippen LogP contribution >= 0.6 is 7.37 Å². The highest BCUT2D eigenvalue weighted by Gasteiger charge is 2.65. The van der Waals surface area contributed by atoms with E-state index in [0.717, 1.165) is 33.4 Å². The first-order chi connectivity index (χ1) is 13.2. The highest BCUT2D eigenvalue weighted by Crippen LogP contribution is 2.65. The molecule has 0 amide bonds. The molecule has 0 aromatic heterocycles. The SMILES string of the molecule is COP1(=O)C(OC(C)=O)C(OC(C)=O)[C@H](OC(C)=O)[C@H]1OCc1ccccc1. The lowest BCUT2D eigenvalue weighted by molar-refractivity contribution is -0.178. The van der Waals surface area contributed by atoms with Crippen molar-refractivity contribution in [2.45, 2.75) is 51.3 Å². The van der Waals surface area contributed by atoms with Crippen LogP contribution in [0.4, 0.5) is 0 Å². The second-order valence-corrected chi connectivity index (χ2v) is 8.84. The smallest absolute Gasteiger partial charge is 0.303 e. The molecule has 3 unspecified atom stereocenters. The minimum Gasteiger partial charge on any atom is -0.455 e. The molecule has 0 spiro atoms. The van der Waals surface area contributed by atoms with Gasteiger partial charge in [-0.25, -0.2) is 0 Å². The maximum atomic E-state index is 13.6. The van der Waals surface area contributed by atoms with Gasteiger partial charge in [0, 0.05) is 27.9 Å². The van der Waals surface area contributed by atoms with Gasteiger partial charge in [0.1, 0.15) is 0 Å². The molecule has 154 valence electrons. The lowest BCUT2D eigenvalue weighted by atomic mass is 10.2. The Morgan fingerprint density at radius 1 is 0.857 bits per heavy atom. The summed E-state index contributed by atoms with van der Waals surface area (Å²) in [5.41, 5.74) is 0.770. The third-order valence-corrected chi connectivity index (χ3v) is 6.87. The van der Waals surface area contributed by atoms with Gasteiger partial charge < -0.3 is 23.5 Å². The van der Waals surface area contributed by atoms with E-state index in [1.807, 2.05) is 6.07 Å². The van der Waals surface area contributed by atoms with Gasteiger partial charge >= 0.3 is 17.9 Å². The van der Waals surface area contributed by atoms with E-state index in [9.17, 15) is 18.9 Å². The summed E-state index contributed by atoms with van der Waals surface area (Å²) in [6.07, 6.45) is -2.61. The largest absolute Gasteiger partial charge is 0.455 e. The van der Waals surface area contributed by atoms with Crippen LogP contribution in [-0.4, -0.2) is 48.9 Å². The van der Waals surface area contributed by atoms with Gasteiger partial charge in [-0.05, 0) is 5.56 Å². The van der Waals surface area contributed by atoms with Crippen molar-refractivity contribution >= 4 is 25.3 Å². The molecule has 1 fully saturated rings. The van der Waals surface area contributed by atoms with Crippen molar-refractivity contribution in [2.75, 3.05) is 7.11 Å². The summed E-state index contributed by atoms with van der Waals surface area (Å²) in [5, 5.41) is 0. The normalized spacial score (nSPS) is 29.1. The number of carbonyl (C=O) groups is 3. The molecule has 1 aliphatic heterocycles. The van der Waals surface area contributed by atoms with E-state index in [4.69, 9.17) is 23.5 Å². The maximum Gasteiger partial charge on any atom is 0.303 e. The van der Waals surface area contributed by atoms with Crippen molar-refractivity contribution < 1.29 is 42.4 Å². The van der Waals surface area contributed by atoms with Gasteiger partial charge in [0.05, 0.1) is 6.61 Å². The average molecular weight is 414 g/mol. The monoisotopic (exact) mass is 414 g/mol. The first kappa shape index (κ1) is 22.1. The molecule has 0 aliphatic carbocycles. The number of hydrogen-bond donors (Lipinski definition) is 0. The molecule has 1 aromatic carbocycles. The van der Waals surface area contributed by atoms with Crippen LogP contribution in [0.5, 0.6) is 0 Å². The number of rotatable bonds is 7. The van der Waals surface area contributed by atoms with Crippen molar-refractivity contribution in [3.8, 4) is 0 Å². The molecular weight excluding hydrogens is 391 g/mol. The van der Waals surface area contributed by atoms with E-state index in [2.05, 4.69) is 0 Å². The van der Waals surface area contributed by atoms with Crippen LogP contribution in [0.25, 0.3) is 0 Å². The fourth-order valence-corrected chi connectivity index (χ4v) is 5.55. The zero-order chi connectivity index (χ0) is 20.9. The zero-order valence-corrected chi connectivity index (χ0v) is 16.9. The third kappa shape index (κ3) is 4.98. The fourth-order valence-electron chi connectivity index (χ4n) is 2.99. The minimum absolute atomic E-state index is 0.0240. The molecule has 1 aromatic rings. The van der Waals surface area contributed by atoms with Gasteiger partial charge in [0.2, 0.25) is 5.85 Å². The number of benzene rings is 1. The van der Waals surface area contributed by atoms with E-state index >= 15 is 0 Å².